The zero-order valence-electron chi connectivity index (χ0n) is 11.6. The van der Waals surface area contributed by atoms with Gasteiger partial charge in [0.1, 0.15) is 0 Å². The summed E-state index contributed by atoms with van der Waals surface area (Å²) < 4.78 is 0. The molecule has 3 N–H and O–H groups in total. The molecule has 3 unspecified atom stereocenters. The molecule has 2 heterocycles. The average molecular weight is 281 g/mol. The molecule has 1 saturated heterocycles. The Bertz CT molecular complexity index is 405. The number of nitrogens with two attached hydrogens (primary N) is 1. The largest absolute Gasteiger partial charge is 0.359 e. The number of likely N-dealkylation sites (tertiary alicyclic amines) is 1. The molecule has 0 aliphatic carbocycles. The van der Waals surface area contributed by atoms with Crippen molar-refractivity contribution in [2.24, 2.45) is 11.7 Å². The summed E-state index contributed by atoms with van der Waals surface area (Å²) in [5.41, 5.74) is 7.45. The Kier molecular flexibility index (Phi) is 4.96. The van der Waals surface area contributed by atoms with Crippen LogP contribution in [0.2, 0.25) is 0 Å². The van der Waals surface area contributed by atoms with Gasteiger partial charge in [0, 0.05) is 19.6 Å². The lowest BCUT2D eigenvalue weighted by Gasteiger charge is -2.39. The molecular weight excluding hydrogens is 258 g/mol. The first-order valence-corrected chi connectivity index (χ1v) is 7.81. The summed E-state index contributed by atoms with van der Waals surface area (Å²) in [6, 6.07) is 2.43. The van der Waals surface area contributed by atoms with E-state index < -0.39 is 0 Å². The Hall–Kier alpha value is -0.910. The van der Waals surface area contributed by atoms with Crippen molar-refractivity contribution in [2.75, 3.05) is 20.1 Å². The van der Waals surface area contributed by atoms with Crippen molar-refractivity contribution in [2.45, 2.75) is 31.8 Å². The average Bonchev–Trinajstić information content (AvgIpc) is 2.91. The molecule has 3 atom stereocenters. The molecule has 0 saturated carbocycles. The highest BCUT2D eigenvalue weighted by atomic mass is 32.1. The van der Waals surface area contributed by atoms with Crippen LogP contribution in [0.5, 0.6) is 0 Å². The van der Waals surface area contributed by atoms with Crippen molar-refractivity contribution in [3.8, 4) is 0 Å². The van der Waals surface area contributed by atoms with Gasteiger partial charge in [0.15, 0.2) is 0 Å². The predicted molar refractivity (Wildman–Crippen MR) is 79.1 cm³/mol. The Morgan fingerprint density at radius 1 is 1.63 bits per heavy atom. The molecule has 1 aromatic rings. The summed E-state index contributed by atoms with van der Waals surface area (Å²) in [5.74, 6) is 0.247. The quantitative estimate of drug-likeness (QED) is 0.881. The van der Waals surface area contributed by atoms with Gasteiger partial charge in [-0.3, -0.25) is 9.69 Å². The molecule has 1 aromatic heterocycles. The van der Waals surface area contributed by atoms with Crippen molar-refractivity contribution in [3.63, 3.8) is 0 Å². The second-order valence-electron chi connectivity index (χ2n) is 5.31. The first-order chi connectivity index (χ1) is 9.13. The smallest absolute Gasteiger partial charge is 0.224 e. The second kappa shape index (κ2) is 6.50. The van der Waals surface area contributed by atoms with E-state index in [0.717, 1.165) is 25.9 Å². The van der Waals surface area contributed by atoms with E-state index in [1.807, 2.05) is 6.92 Å². The summed E-state index contributed by atoms with van der Waals surface area (Å²) in [4.78, 5) is 14.2. The highest BCUT2D eigenvalue weighted by Gasteiger charge is 2.31. The zero-order chi connectivity index (χ0) is 13.8. The lowest BCUT2D eigenvalue weighted by Crippen LogP contribution is -2.47. The Morgan fingerprint density at radius 3 is 3.00 bits per heavy atom. The van der Waals surface area contributed by atoms with Crippen LogP contribution < -0.4 is 11.1 Å². The highest BCUT2D eigenvalue weighted by Crippen LogP contribution is 2.30. The van der Waals surface area contributed by atoms with Crippen LogP contribution in [0.1, 0.15) is 31.4 Å². The predicted octanol–water partition coefficient (Wildman–Crippen LogP) is 1.59. The maximum atomic E-state index is 11.8. The van der Waals surface area contributed by atoms with Gasteiger partial charge in [0.25, 0.3) is 0 Å². The fourth-order valence-electron chi connectivity index (χ4n) is 2.97. The lowest BCUT2D eigenvalue weighted by molar-refractivity contribution is -0.126. The molecule has 19 heavy (non-hydrogen) atoms. The molecule has 1 aliphatic rings. The Morgan fingerprint density at radius 2 is 2.42 bits per heavy atom. The number of carbonyl (C=O) groups excluding carboxylic acids is 1. The molecule has 4 nitrogen and oxygen atoms in total. The van der Waals surface area contributed by atoms with Gasteiger partial charge in [0.05, 0.1) is 12.0 Å². The van der Waals surface area contributed by atoms with Crippen molar-refractivity contribution in [1.29, 1.82) is 0 Å². The fourth-order valence-corrected chi connectivity index (χ4v) is 3.66. The van der Waals surface area contributed by atoms with Gasteiger partial charge >= 0.3 is 0 Å². The molecular formula is C14H23N3OS. The van der Waals surface area contributed by atoms with Crippen molar-refractivity contribution >= 4 is 17.2 Å². The van der Waals surface area contributed by atoms with Crippen molar-refractivity contribution in [1.82, 2.24) is 10.2 Å². The van der Waals surface area contributed by atoms with Gasteiger partial charge in [-0.25, -0.2) is 0 Å². The molecule has 1 aliphatic heterocycles. The maximum absolute atomic E-state index is 11.8. The van der Waals surface area contributed by atoms with Crippen LogP contribution in [0.25, 0.3) is 0 Å². The number of rotatable bonds is 4. The summed E-state index contributed by atoms with van der Waals surface area (Å²) in [6.45, 7) is 3.88. The standard InChI is InChI=1S/C14H23N3OS/c1-10(15)13(12-5-7-19-9-12)17-6-3-4-11(8-17)14(18)16-2/h5,7,9-11,13H,3-4,6,8,15H2,1-2H3,(H,16,18). The minimum absolute atomic E-state index is 0.0676. The number of amides is 1. The fraction of sp³-hybridized carbons (Fsp3) is 0.643. The second-order valence-corrected chi connectivity index (χ2v) is 6.09. The van der Waals surface area contributed by atoms with Gasteiger partial charge in [-0.15, -0.1) is 0 Å². The number of hydrogen-bond donors (Lipinski definition) is 2. The van der Waals surface area contributed by atoms with E-state index >= 15 is 0 Å². The van der Waals surface area contributed by atoms with Crippen molar-refractivity contribution < 1.29 is 4.79 Å². The number of piperidine rings is 1. The third kappa shape index (κ3) is 3.35. The monoisotopic (exact) mass is 281 g/mol. The topological polar surface area (TPSA) is 58.4 Å². The summed E-state index contributed by atoms with van der Waals surface area (Å²) in [5, 5.41) is 7.02. The van der Waals surface area contributed by atoms with Crippen molar-refractivity contribution in [3.05, 3.63) is 22.4 Å². The minimum atomic E-state index is 0.0676. The molecule has 5 heteroatoms. The number of carbonyl (C=O) groups is 1. The molecule has 1 amide bonds. The van der Waals surface area contributed by atoms with E-state index in [4.69, 9.17) is 5.73 Å². The number of thiophene rings is 1. The first-order valence-electron chi connectivity index (χ1n) is 6.86. The van der Waals surface area contributed by atoms with Crippen LogP contribution in [-0.2, 0) is 4.79 Å². The van der Waals surface area contributed by atoms with Gasteiger partial charge in [0.2, 0.25) is 5.91 Å². The van der Waals surface area contributed by atoms with Crippen LogP contribution in [-0.4, -0.2) is 37.0 Å². The highest BCUT2D eigenvalue weighted by molar-refractivity contribution is 7.07. The number of hydrogen-bond acceptors (Lipinski definition) is 4. The zero-order valence-corrected chi connectivity index (χ0v) is 12.5. The SMILES string of the molecule is CNC(=O)C1CCCN(C(c2ccsc2)C(C)N)C1. The maximum Gasteiger partial charge on any atom is 0.224 e. The third-order valence-corrected chi connectivity index (χ3v) is 4.55. The number of nitrogens with zero attached hydrogens (tertiary/aromatic N) is 1. The van der Waals surface area contributed by atoms with Gasteiger partial charge in [-0.2, -0.15) is 11.3 Å². The normalized spacial score (nSPS) is 23.8. The third-order valence-electron chi connectivity index (χ3n) is 3.85. The Balaban J connectivity index is 2.12. The van der Waals surface area contributed by atoms with Crippen LogP contribution in [0, 0.1) is 5.92 Å². The minimum Gasteiger partial charge on any atom is -0.359 e. The van der Waals surface area contributed by atoms with E-state index in [0.29, 0.717) is 0 Å². The lowest BCUT2D eigenvalue weighted by atomic mass is 9.93. The molecule has 0 radical (unpaired) electrons. The van der Waals surface area contributed by atoms with Gasteiger partial charge < -0.3 is 11.1 Å². The van der Waals surface area contributed by atoms with Crippen LogP contribution in [0.4, 0.5) is 0 Å². The number of nitrogens with one attached hydrogen (secondary N) is 1. The van der Waals surface area contributed by atoms with Crippen LogP contribution in [0.15, 0.2) is 16.8 Å². The molecule has 2 rings (SSSR count). The van der Waals surface area contributed by atoms with Gasteiger partial charge in [-0.05, 0) is 48.7 Å². The molecule has 106 valence electrons. The molecule has 0 aromatic carbocycles. The van der Waals surface area contributed by atoms with Gasteiger partial charge in [-0.1, -0.05) is 0 Å². The van der Waals surface area contributed by atoms with E-state index in [-0.39, 0.29) is 23.9 Å². The van der Waals surface area contributed by atoms with E-state index in [1.54, 1.807) is 18.4 Å². The van der Waals surface area contributed by atoms with Crippen LogP contribution in [0.3, 0.4) is 0 Å². The summed E-state index contributed by atoms with van der Waals surface area (Å²) in [6.07, 6.45) is 2.04. The van der Waals surface area contributed by atoms with Crippen LogP contribution >= 0.6 is 11.3 Å². The molecule has 1 fully saturated rings. The first kappa shape index (κ1) is 14.5. The summed E-state index contributed by atoms with van der Waals surface area (Å²) >= 11 is 1.70. The van der Waals surface area contributed by atoms with E-state index in [9.17, 15) is 4.79 Å². The Labute approximate surface area is 119 Å². The molecule has 0 spiro atoms. The van der Waals surface area contributed by atoms with E-state index in [1.165, 1.54) is 5.56 Å². The summed E-state index contributed by atoms with van der Waals surface area (Å²) in [7, 11) is 1.71. The van der Waals surface area contributed by atoms with E-state index in [2.05, 4.69) is 27.0 Å². The molecule has 0 bridgehead atoms.